The minimum absolute atomic E-state index is 0.174. The van der Waals surface area contributed by atoms with E-state index in [0.717, 1.165) is 36.2 Å². The van der Waals surface area contributed by atoms with E-state index in [-0.39, 0.29) is 23.3 Å². The van der Waals surface area contributed by atoms with Crippen LogP contribution in [0.1, 0.15) is 35.7 Å². The first-order valence-corrected chi connectivity index (χ1v) is 10.0. The molecule has 3 aliphatic rings. The standard InChI is InChI=1S/C22H21FN4O2/c1-13-12-29-20-3-2-15(23)8-18(20)22-10-14(22)4-6-26(22)16-5-7-27-19(9-16)17(11-24-27)21(28)25-13/h2-3,5,7-9,11,13-14H,4,6,10,12H2,1H3,(H,25,28)/t13-,14?,22?/m1/s1. The zero-order valence-electron chi connectivity index (χ0n) is 16.1. The van der Waals surface area contributed by atoms with Crippen LogP contribution in [-0.4, -0.2) is 34.7 Å². The van der Waals surface area contributed by atoms with Crippen LogP contribution in [0.15, 0.2) is 42.7 Å². The van der Waals surface area contributed by atoms with Gasteiger partial charge in [0.25, 0.3) is 5.91 Å². The highest BCUT2D eigenvalue weighted by atomic mass is 19.1. The number of nitrogens with zero attached hydrogens (tertiary/aromatic N) is 3. The molecule has 148 valence electrons. The number of carbonyl (C=O) groups is 1. The fraction of sp³-hybridized carbons (Fsp3) is 0.364. The number of pyridine rings is 1. The Hall–Kier alpha value is -3.09. The van der Waals surface area contributed by atoms with E-state index in [0.29, 0.717) is 23.8 Å². The molecule has 2 unspecified atom stereocenters. The molecule has 2 bridgehead atoms. The molecule has 29 heavy (non-hydrogen) atoms. The molecule has 4 heterocycles. The lowest BCUT2D eigenvalue weighted by Crippen LogP contribution is -2.37. The van der Waals surface area contributed by atoms with Gasteiger partial charge in [0.15, 0.2) is 0 Å². The first kappa shape index (κ1) is 16.8. The normalized spacial score (nSPS) is 27.8. The number of carbonyl (C=O) groups excluding carboxylic acids is 1. The highest BCUT2D eigenvalue weighted by molar-refractivity contribution is 6.01. The fourth-order valence-corrected chi connectivity index (χ4v) is 5.14. The van der Waals surface area contributed by atoms with Crippen molar-refractivity contribution in [1.29, 1.82) is 0 Å². The number of rotatable bonds is 0. The van der Waals surface area contributed by atoms with Crippen molar-refractivity contribution in [1.82, 2.24) is 14.9 Å². The van der Waals surface area contributed by atoms with Gasteiger partial charge in [-0.3, -0.25) is 4.79 Å². The molecular formula is C22H21FN4O2. The van der Waals surface area contributed by atoms with Gasteiger partial charge in [0, 0.05) is 24.0 Å². The second kappa shape index (κ2) is 5.72. The van der Waals surface area contributed by atoms with E-state index in [4.69, 9.17) is 4.74 Å². The lowest BCUT2D eigenvalue weighted by atomic mass is 10.00. The van der Waals surface area contributed by atoms with Crippen LogP contribution in [0.5, 0.6) is 5.75 Å². The highest BCUT2D eigenvalue weighted by Crippen LogP contribution is 2.65. The Morgan fingerprint density at radius 3 is 3.07 bits per heavy atom. The van der Waals surface area contributed by atoms with Gasteiger partial charge in [-0.05, 0) is 56.0 Å². The van der Waals surface area contributed by atoms with Crippen molar-refractivity contribution in [2.75, 3.05) is 18.1 Å². The number of piperidine rings is 1. The predicted molar refractivity (Wildman–Crippen MR) is 106 cm³/mol. The molecule has 6 nitrogen and oxygen atoms in total. The van der Waals surface area contributed by atoms with Gasteiger partial charge in [0.05, 0.1) is 28.9 Å². The second-order valence-electron chi connectivity index (χ2n) is 8.36. The minimum Gasteiger partial charge on any atom is -0.491 e. The molecule has 2 aromatic heterocycles. The lowest BCUT2D eigenvalue weighted by molar-refractivity contribution is 0.0928. The highest BCUT2D eigenvalue weighted by Gasteiger charge is 2.64. The molecule has 1 amide bonds. The summed E-state index contributed by atoms with van der Waals surface area (Å²) in [6.07, 6.45) is 5.53. The summed E-state index contributed by atoms with van der Waals surface area (Å²) < 4.78 is 22.1. The number of hydrogen-bond donors (Lipinski definition) is 1. The quantitative estimate of drug-likeness (QED) is 0.639. The van der Waals surface area contributed by atoms with E-state index in [9.17, 15) is 9.18 Å². The van der Waals surface area contributed by atoms with E-state index in [2.05, 4.69) is 15.3 Å². The van der Waals surface area contributed by atoms with Crippen LogP contribution in [0.4, 0.5) is 10.1 Å². The van der Waals surface area contributed by atoms with E-state index < -0.39 is 0 Å². The number of ether oxygens (including phenoxy) is 1. The summed E-state index contributed by atoms with van der Waals surface area (Å²) in [5.41, 5.74) is 3.00. The van der Waals surface area contributed by atoms with E-state index in [1.54, 1.807) is 22.8 Å². The first-order valence-electron chi connectivity index (χ1n) is 10.0. The second-order valence-corrected chi connectivity index (χ2v) is 8.36. The van der Waals surface area contributed by atoms with Gasteiger partial charge < -0.3 is 15.0 Å². The van der Waals surface area contributed by atoms with Crippen LogP contribution in [0.2, 0.25) is 0 Å². The number of halogens is 1. The number of fused-ring (bicyclic) bond motifs is 3. The number of nitrogens with one attached hydrogen (secondary N) is 1. The third-order valence-corrected chi connectivity index (χ3v) is 6.59. The Balaban J connectivity index is 1.57. The maximum atomic E-state index is 14.3. The van der Waals surface area contributed by atoms with Crippen molar-refractivity contribution < 1.29 is 13.9 Å². The van der Waals surface area contributed by atoms with Gasteiger partial charge in [-0.1, -0.05) is 0 Å². The van der Waals surface area contributed by atoms with Crippen LogP contribution >= 0.6 is 0 Å². The number of hydrogen-bond acceptors (Lipinski definition) is 4. The summed E-state index contributed by atoms with van der Waals surface area (Å²) in [6, 6.07) is 8.62. The van der Waals surface area contributed by atoms with Crippen molar-refractivity contribution in [2.24, 2.45) is 5.92 Å². The summed E-state index contributed by atoms with van der Waals surface area (Å²) >= 11 is 0. The van der Waals surface area contributed by atoms with Crippen molar-refractivity contribution in [3.63, 3.8) is 0 Å². The SMILES string of the molecule is C[C@@H]1COc2ccc(F)cc2C23CC2CCN3c2ccn3ncc(c3c2)C(=O)N1. The summed E-state index contributed by atoms with van der Waals surface area (Å²) in [5.74, 6) is 0.755. The zero-order chi connectivity index (χ0) is 19.8. The number of anilines is 1. The Kier molecular flexibility index (Phi) is 3.32. The maximum Gasteiger partial charge on any atom is 0.255 e. The smallest absolute Gasteiger partial charge is 0.255 e. The number of amides is 1. The molecule has 6 rings (SSSR count). The van der Waals surface area contributed by atoms with Crippen molar-refractivity contribution >= 4 is 17.1 Å². The van der Waals surface area contributed by atoms with Gasteiger partial charge in [-0.25, -0.2) is 8.91 Å². The van der Waals surface area contributed by atoms with Crippen LogP contribution in [-0.2, 0) is 5.54 Å². The van der Waals surface area contributed by atoms with Crippen molar-refractivity contribution in [2.45, 2.75) is 31.3 Å². The van der Waals surface area contributed by atoms with Gasteiger partial charge in [0.2, 0.25) is 0 Å². The van der Waals surface area contributed by atoms with Crippen LogP contribution in [0.25, 0.3) is 5.52 Å². The van der Waals surface area contributed by atoms with E-state index in [1.807, 2.05) is 25.3 Å². The van der Waals surface area contributed by atoms with Gasteiger partial charge in [-0.15, -0.1) is 0 Å². The summed E-state index contributed by atoms with van der Waals surface area (Å²) in [7, 11) is 0. The van der Waals surface area contributed by atoms with Crippen LogP contribution in [0, 0.1) is 11.7 Å². The molecule has 1 saturated carbocycles. The molecule has 7 heteroatoms. The van der Waals surface area contributed by atoms with E-state index >= 15 is 0 Å². The molecule has 2 aliphatic heterocycles. The topological polar surface area (TPSA) is 58.9 Å². The molecule has 2 fully saturated rings. The van der Waals surface area contributed by atoms with Gasteiger partial charge in [0.1, 0.15) is 18.2 Å². The molecule has 1 spiro atoms. The van der Waals surface area contributed by atoms with Gasteiger partial charge >= 0.3 is 0 Å². The maximum absolute atomic E-state index is 14.3. The molecule has 1 aliphatic carbocycles. The molecule has 3 aromatic rings. The zero-order valence-corrected chi connectivity index (χ0v) is 16.1. The summed E-state index contributed by atoms with van der Waals surface area (Å²) in [6.45, 7) is 3.11. The van der Waals surface area contributed by atoms with Crippen molar-refractivity contribution in [3.8, 4) is 5.75 Å². The third-order valence-electron chi connectivity index (χ3n) is 6.59. The monoisotopic (exact) mass is 392 g/mol. The number of benzene rings is 1. The van der Waals surface area contributed by atoms with E-state index in [1.165, 1.54) is 6.07 Å². The summed E-state index contributed by atoms with van der Waals surface area (Å²) in [4.78, 5) is 15.2. The van der Waals surface area contributed by atoms with Crippen molar-refractivity contribution in [3.05, 3.63) is 59.7 Å². The summed E-state index contributed by atoms with van der Waals surface area (Å²) in [5, 5.41) is 7.31. The molecule has 1 aromatic carbocycles. The molecular weight excluding hydrogens is 371 g/mol. The fourth-order valence-electron chi connectivity index (χ4n) is 5.14. The Bertz CT molecular complexity index is 1160. The largest absolute Gasteiger partial charge is 0.491 e. The van der Waals surface area contributed by atoms with Crippen LogP contribution < -0.4 is 15.0 Å². The van der Waals surface area contributed by atoms with Gasteiger partial charge in [-0.2, -0.15) is 5.10 Å². The Labute approximate surface area is 167 Å². The average molecular weight is 392 g/mol. The molecule has 1 saturated heterocycles. The lowest BCUT2D eigenvalue weighted by Gasteiger charge is -2.32. The number of aromatic nitrogens is 2. The van der Waals surface area contributed by atoms with Crippen LogP contribution in [0.3, 0.4) is 0 Å². The predicted octanol–water partition coefficient (Wildman–Crippen LogP) is 3.11. The molecule has 0 radical (unpaired) electrons. The first-order chi connectivity index (χ1) is 14.1. The third kappa shape index (κ3) is 2.33. The average Bonchev–Trinajstić information content (AvgIpc) is 3.09. The molecule has 3 atom stereocenters. The Morgan fingerprint density at radius 1 is 1.31 bits per heavy atom. The molecule has 1 N–H and O–H groups in total. The minimum atomic E-state index is -0.251. The Morgan fingerprint density at radius 2 is 2.21 bits per heavy atom.